The lowest BCUT2D eigenvalue weighted by atomic mass is 10.1. The molecule has 0 amide bonds. The van der Waals surface area contributed by atoms with E-state index >= 15 is 0 Å². The number of hydrogen-bond acceptors (Lipinski definition) is 4. The number of methoxy groups -OCH3 is 1. The first kappa shape index (κ1) is 15.5. The van der Waals surface area contributed by atoms with E-state index in [2.05, 4.69) is 20.7 Å². The van der Waals surface area contributed by atoms with Gasteiger partial charge >= 0.3 is 5.97 Å². The summed E-state index contributed by atoms with van der Waals surface area (Å²) in [6.45, 7) is 0.333. The zero-order valence-corrected chi connectivity index (χ0v) is 13.1. The van der Waals surface area contributed by atoms with Crippen LogP contribution in [0.15, 0.2) is 46.9 Å². The molecule has 0 aromatic heterocycles. The average Bonchev–Trinajstić information content (AvgIpc) is 2.53. The van der Waals surface area contributed by atoms with Crippen LogP contribution in [0, 0.1) is 0 Å². The van der Waals surface area contributed by atoms with E-state index in [0.717, 1.165) is 15.6 Å². The van der Waals surface area contributed by atoms with Gasteiger partial charge in [0.25, 0.3) is 0 Å². The monoisotopic (exact) mass is 350 g/mol. The molecule has 0 aliphatic rings. The highest BCUT2D eigenvalue weighted by atomic mass is 79.9. The molecule has 0 heterocycles. The predicted molar refractivity (Wildman–Crippen MR) is 82.2 cm³/mol. The van der Waals surface area contributed by atoms with E-state index in [-0.39, 0.29) is 12.6 Å². The van der Waals surface area contributed by atoms with Crippen molar-refractivity contribution >= 4 is 21.9 Å². The molecule has 0 unspecified atom stereocenters. The van der Waals surface area contributed by atoms with Gasteiger partial charge in [-0.15, -0.1) is 0 Å². The quantitative estimate of drug-likeness (QED) is 0.840. The lowest BCUT2D eigenvalue weighted by molar-refractivity contribution is 0.0600. The number of aliphatic hydroxyl groups is 1. The fraction of sp³-hybridized carbons (Fsp3) is 0.188. The number of hydrogen-bond donors (Lipinski definition) is 1. The van der Waals surface area contributed by atoms with E-state index in [1.54, 1.807) is 18.2 Å². The third kappa shape index (κ3) is 4.06. The molecule has 0 aliphatic carbocycles. The number of halogens is 1. The molecule has 1 N–H and O–H groups in total. The van der Waals surface area contributed by atoms with Gasteiger partial charge in [-0.05, 0) is 41.5 Å². The molecule has 4 nitrogen and oxygen atoms in total. The van der Waals surface area contributed by atoms with Crippen molar-refractivity contribution in [3.05, 3.63) is 63.6 Å². The molecule has 0 spiro atoms. The van der Waals surface area contributed by atoms with E-state index in [1.807, 2.05) is 24.3 Å². The molecule has 0 fully saturated rings. The van der Waals surface area contributed by atoms with Crippen LogP contribution < -0.4 is 4.74 Å². The number of carbonyl (C=O) groups excluding carboxylic acids is 1. The minimum absolute atomic E-state index is 0.0500. The number of esters is 1. The molecule has 2 aromatic carbocycles. The van der Waals surface area contributed by atoms with E-state index < -0.39 is 0 Å². The predicted octanol–water partition coefficient (Wildman–Crippen LogP) is 3.31. The first-order valence-electron chi connectivity index (χ1n) is 6.33. The second-order valence-corrected chi connectivity index (χ2v) is 5.24. The fourth-order valence-corrected chi connectivity index (χ4v) is 2.16. The van der Waals surface area contributed by atoms with E-state index in [0.29, 0.717) is 17.9 Å². The third-order valence-electron chi connectivity index (χ3n) is 2.97. The van der Waals surface area contributed by atoms with Crippen molar-refractivity contribution in [2.24, 2.45) is 0 Å². The third-order valence-corrected chi connectivity index (χ3v) is 3.74. The topological polar surface area (TPSA) is 55.8 Å². The van der Waals surface area contributed by atoms with Crippen molar-refractivity contribution in [3.8, 4) is 5.75 Å². The Bertz CT molecular complexity index is 623. The first-order chi connectivity index (χ1) is 10.1. The fourth-order valence-electron chi connectivity index (χ4n) is 1.78. The van der Waals surface area contributed by atoms with Gasteiger partial charge < -0.3 is 14.6 Å². The molecular formula is C16H15BrO4. The Balaban J connectivity index is 2.01. The van der Waals surface area contributed by atoms with Crippen LogP contribution >= 0.6 is 15.9 Å². The van der Waals surface area contributed by atoms with Crippen molar-refractivity contribution in [2.45, 2.75) is 13.2 Å². The smallest absolute Gasteiger partial charge is 0.337 e. The average molecular weight is 351 g/mol. The second-order valence-electron chi connectivity index (χ2n) is 4.39. The highest BCUT2D eigenvalue weighted by Gasteiger charge is 2.05. The van der Waals surface area contributed by atoms with E-state index in [1.165, 1.54) is 7.11 Å². The maximum Gasteiger partial charge on any atom is 0.337 e. The maximum absolute atomic E-state index is 11.3. The highest BCUT2D eigenvalue weighted by Crippen LogP contribution is 2.23. The van der Waals surface area contributed by atoms with Crippen molar-refractivity contribution in [2.75, 3.05) is 7.11 Å². The largest absolute Gasteiger partial charge is 0.489 e. The number of rotatable bonds is 5. The van der Waals surface area contributed by atoms with Crippen LogP contribution in [-0.2, 0) is 18.0 Å². The number of carbonyl (C=O) groups is 1. The molecule has 0 aliphatic heterocycles. The van der Waals surface area contributed by atoms with Crippen molar-refractivity contribution in [1.29, 1.82) is 0 Å². The number of benzene rings is 2. The minimum atomic E-state index is -0.358. The van der Waals surface area contributed by atoms with Gasteiger partial charge in [-0.3, -0.25) is 0 Å². The Morgan fingerprint density at radius 1 is 1.19 bits per heavy atom. The normalized spacial score (nSPS) is 10.2. The molecular weight excluding hydrogens is 336 g/mol. The Morgan fingerprint density at radius 3 is 2.52 bits per heavy atom. The summed E-state index contributed by atoms with van der Waals surface area (Å²) in [7, 11) is 1.35. The summed E-state index contributed by atoms with van der Waals surface area (Å²) in [5.41, 5.74) is 2.22. The summed E-state index contributed by atoms with van der Waals surface area (Å²) in [6, 6.07) is 12.5. The Hall–Kier alpha value is -1.85. The van der Waals surface area contributed by atoms with Gasteiger partial charge in [-0.1, -0.05) is 28.1 Å². The van der Waals surface area contributed by atoms with Crippen molar-refractivity contribution in [3.63, 3.8) is 0 Å². The van der Waals surface area contributed by atoms with Gasteiger partial charge in [0.1, 0.15) is 12.4 Å². The van der Waals surface area contributed by atoms with E-state index in [9.17, 15) is 9.90 Å². The van der Waals surface area contributed by atoms with Crippen LogP contribution in [0.5, 0.6) is 5.75 Å². The molecule has 110 valence electrons. The standard InChI is InChI=1S/C16H15BrO4/c1-20-16(19)12-4-2-11(3-5-12)10-21-14-6-7-15(17)13(8-14)9-18/h2-8,18H,9-10H2,1H3. The maximum atomic E-state index is 11.3. The van der Waals surface area contributed by atoms with Crippen molar-refractivity contribution in [1.82, 2.24) is 0 Å². The van der Waals surface area contributed by atoms with E-state index in [4.69, 9.17) is 4.74 Å². The van der Waals surface area contributed by atoms with Crippen molar-refractivity contribution < 1.29 is 19.4 Å². The van der Waals surface area contributed by atoms with Crippen LogP contribution in [0.25, 0.3) is 0 Å². The van der Waals surface area contributed by atoms with Crippen LogP contribution in [-0.4, -0.2) is 18.2 Å². The molecule has 0 radical (unpaired) electrons. The summed E-state index contributed by atoms with van der Waals surface area (Å²) < 4.78 is 11.2. The summed E-state index contributed by atoms with van der Waals surface area (Å²) >= 11 is 3.36. The van der Waals surface area contributed by atoms with Gasteiger partial charge in [0, 0.05) is 4.47 Å². The summed E-state index contributed by atoms with van der Waals surface area (Å²) in [5.74, 6) is 0.322. The van der Waals surface area contributed by atoms with Gasteiger partial charge in [-0.25, -0.2) is 4.79 Å². The van der Waals surface area contributed by atoms with Gasteiger partial charge in [0.15, 0.2) is 0 Å². The lowest BCUT2D eigenvalue weighted by Gasteiger charge is -2.09. The van der Waals surface area contributed by atoms with Crippen LogP contribution in [0.3, 0.4) is 0 Å². The molecule has 0 saturated heterocycles. The second kappa shape index (κ2) is 7.24. The molecule has 21 heavy (non-hydrogen) atoms. The molecule has 5 heteroatoms. The van der Waals surface area contributed by atoms with Crippen LogP contribution in [0.2, 0.25) is 0 Å². The zero-order chi connectivity index (χ0) is 15.2. The minimum Gasteiger partial charge on any atom is -0.489 e. The molecule has 0 saturated carbocycles. The molecule has 0 atom stereocenters. The summed E-state index contributed by atoms with van der Waals surface area (Å²) in [5, 5.41) is 9.20. The zero-order valence-electron chi connectivity index (χ0n) is 11.5. The lowest BCUT2D eigenvalue weighted by Crippen LogP contribution is -2.02. The molecule has 2 aromatic rings. The molecule has 0 bridgehead atoms. The Labute approximate surface area is 131 Å². The first-order valence-corrected chi connectivity index (χ1v) is 7.12. The van der Waals surface area contributed by atoms with Gasteiger partial charge in [-0.2, -0.15) is 0 Å². The number of ether oxygens (including phenoxy) is 2. The van der Waals surface area contributed by atoms with Gasteiger partial charge in [0.05, 0.1) is 19.3 Å². The summed E-state index contributed by atoms with van der Waals surface area (Å²) in [4.78, 5) is 11.3. The van der Waals surface area contributed by atoms with Crippen LogP contribution in [0.1, 0.15) is 21.5 Å². The molecule has 2 rings (SSSR count). The van der Waals surface area contributed by atoms with Gasteiger partial charge in [0.2, 0.25) is 0 Å². The SMILES string of the molecule is COC(=O)c1ccc(COc2ccc(Br)c(CO)c2)cc1. The number of aliphatic hydroxyl groups excluding tert-OH is 1. The Morgan fingerprint density at radius 2 is 1.90 bits per heavy atom. The Kier molecular flexibility index (Phi) is 5.36. The summed E-state index contributed by atoms with van der Waals surface area (Å²) in [6.07, 6.45) is 0. The highest BCUT2D eigenvalue weighted by molar-refractivity contribution is 9.10. The van der Waals surface area contributed by atoms with Crippen LogP contribution in [0.4, 0.5) is 0 Å².